The number of nitriles is 1. The van der Waals surface area contributed by atoms with Gasteiger partial charge in [0.15, 0.2) is 0 Å². The minimum absolute atomic E-state index is 0.00856. The molecule has 5 aromatic rings. The van der Waals surface area contributed by atoms with Crippen LogP contribution in [0.3, 0.4) is 0 Å². The van der Waals surface area contributed by atoms with Crippen molar-refractivity contribution in [3.8, 4) is 29.0 Å². The van der Waals surface area contributed by atoms with Crippen molar-refractivity contribution in [1.29, 1.82) is 5.26 Å². The van der Waals surface area contributed by atoms with Crippen LogP contribution in [-0.4, -0.2) is 10.2 Å². The zero-order chi connectivity index (χ0) is 25.4. The highest BCUT2D eigenvalue weighted by Gasteiger charge is 2.35. The van der Waals surface area contributed by atoms with Gasteiger partial charge in [-0.1, -0.05) is 66.7 Å². The van der Waals surface area contributed by atoms with Crippen molar-refractivity contribution >= 4 is 10.8 Å². The van der Waals surface area contributed by atoms with Crippen LogP contribution >= 0.6 is 0 Å². The van der Waals surface area contributed by atoms with Crippen molar-refractivity contribution in [1.82, 2.24) is 10.2 Å². The summed E-state index contributed by atoms with van der Waals surface area (Å²) in [5.74, 6) is 0.0107. The van der Waals surface area contributed by atoms with Gasteiger partial charge in [0.25, 0.3) is 0 Å². The molecule has 6 rings (SSSR count). The van der Waals surface area contributed by atoms with Gasteiger partial charge in [0.1, 0.15) is 29.8 Å². The summed E-state index contributed by atoms with van der Waals surface area (Å²) in [6.07, 6.45) is 0. The van der Waals surface area contributed by atoms with E-state index in [-0.39, 0.29) is 23.9 Å². The molecule has 180 valence electrons. The highest BCUT2D eigenvalue weighted by Crippen LogP contribution is 2.46. The average molecular weight is 489 g/mol. The fourth-order valence-electron chi connectivity index (χ4n) is 4.70. The maximum Gasteiger partial charge on any atom is 0.244 e. The smallest absolute Gasteiger partial charge is 0.244 e. The molecule has 0 saturated carbocycles. The number of nitrogens with zero attached hydrogens (tertiary/aromatic N) is 2. The van der Waals surface area contributed by atoms with Crippen molar-refractivity contribution in [2.24, 2.45) is 5.73 Å². The van der Waals surface area contributed by atoms with E-state index in [1.807, 2.05) is 48.5 Å². The van der Waals surface area contributed by atoms with E-state index < -0.39 is 5.92 Å². The zero-order valence-electron chi connectivity index (χ0n) is 19.6. The summed E-state index contributed by atoms with van der Waals surface area (Å²) in [5.41, 5.74) is 10.0. The van der Waals surface area contributed by atoms with E-state index in [1.165, 1.54) is 6.07 Å². The molecule has 0 aliphatic carbocycles. The average Bonchev–Trinajstić information content (AvgIpc) is 3.35. The number of nitrogens with two attached hydrogens (primary N) is 1. The summed E-state index contributed by atoms with van der Waals surface area (Å²) < 4.78 is 25.7. The Hall–Kier alpha value is -5.09. The Labute approximate surface area is 212 Å². The van der Waals surface area contributed by atoms with Crippen LogP contribution in [0.5, 0.6) is 11.6 Å². The summed E-state index contributed by atoms with van der Waals surface area (Å²) in [6, 6.07) is 30.3. The molecule has 1 aliphatic rings. The molecule has 0 bridgehead atoms. The molecule has 1 aromatic heterocycles. The Morgan fingerprint density at radius 1 is 0.973 bits per heavy atom. The van der Waals surface area contributed by atoms with Gasteiger partial charge in [-0.15, -0.1) is 5.10 Å². The number of H-pyrrole nitrogens is 1. The van der Waals surface area contributed by atoms with Crippen molar-refractivity contribution in [2.45, 2.75) is 12.5 Å². The largest absolute Gasteiger partial charge is 0.489 e. The number of rotatable bonds is 5. The lowest BCUT2D eigenvalue weighted by Gasteiger charge is -2.24. The van der Waals surface area contributed by atoms with Gasteiger partial charge in [0, 0.05) is 11.1 Å². The van der Waals surface area contributed by atoms with Crippen LogP contribution in [0.1, 0.15) is 22.6 Å². The third-order valence-electron chi connectivity index (χ3n) is 6.52. The van der Waals surface area contributed by atoms with Crippen molar-refractivity contribution in [3.63, 3.8) is 0 Å². The molecule has 6 nitrogen and oxygen atoms in total. The Kier molecular flexibility index (Phi) is 5.55. The number of ether oxygens (including phenoxy) is 2. The van der Waals surface area contributed by atoms with E-state index in [9.17, 15) is 9.65 Å². The Balaban J connectivity index is 1.42. The zero-order valence-corrected chi connectivity index (χ0v) is 19.6. The van der Waals surface area contributed by atoms with E-state index in [1.54, 1.807) is 24.3 Å². The number of hydrogen-bond donors (Lipinski definition) is 2. The molecule has 0 radical (unpaired) electrons. The summed E-state index contributed by atoms with van der Waals surface area (Å²) in [6.45, 7) is 0.0757. The highest BCUT2D eigenvalue weighted by atomic mass is 19.1. The molecule has 1 aliphatic heterocycles. The number of fused-ring (bicyclic) bond motifs is 2. The quantitative estimate of drug-likeness (QED) is 0.309. The Bertz CT molecular complexity index is 1720. The van der Waals surface area contributed by atoms with E-state index in [0.29, 0.717) is 22.8 Å². The fourth-order valence-corrected chi connectivity index (χ4v) is 4.70. The molecule has 2 heterocycles. The van der Waals surface area contributed by atoms with E-state index in [2.05, 4.69) is 28.4 Å². The maximum atomic E-state index is 14.1. The molecule has 1 atom stereocenters. The van der Waals surface area contributed by atoms with Crippen LogP contribution in [-0.2, 0) is 6.61 Å². The van der Waals surface area contributed by atoms with Gasteiger partial charge >= 0.3 is 0 Å². The molecule has 3 N–H and O–H groups in total. The van der Waals surface area contributed by atoms with Crippen LogP contribution in [0.4, 0.5) is 4.39 Å². The Morgan fingerprint density at radius 3 is 2.62 bits per heavy atom. The van der Waals surface area contributed by atoms with Crippen LogP contribution in [0.25, 0.3) is 22.0 Å². The van der Waals surface area contributed by atoms with Gasteiger partial charge in [-0.25, -0.2) is 4.39 Å². The SMILES string of the molecule is N#CC1=C(N)Oc2n[nH]c(-c3ccc4ccccc4c3)c2[C@@H]1c1cccc(OCc2ccccc2F)c1. The number of benzene rings is 4. The van der Waals surface area contributed by atoms with E-state index >= 15 is 0 Å². The van der Waals surface area contributed by atoms with Crippen LogP contribution in [0.2, 0.25) is 0 Å². The molecule has 0 spiro atoms. The fraction of sp³-hybridized carbons (Fsp3) is 0.0667. The van der Waals surface area contributed by atoms with E-state index in [4.69, 9.17) is 15.2 Å². The molecule has 0 fully saturated rings. The van der Waals surface area contributed by atoms with Crippen molar-refractivity contribution in [3.05, 3.63) is 125 Å². The first-order valence-electron chi connectivity index (χ1n) is 11.7. The van der Waals surface area contributed by atoms with Gasteiger partial charge in [-0.05, 0) is 40.6 Å². The topological polar surface area (TPSA) is 97.0 Å². The minimum atomic E-state index is -0.536. The highest BCUT2D eigenvalue weighted by molar-refractivity contribution is 5.87. The standard InChI is InChI=1S/C30H21FN4O2/c31-25-11-4-3-8-22(25)17-36-23-10-5-9-20(15-23)26-24(16-32)29(33)37-30-27(26)28(34-35-30)21-13-12-18-6-1-2-7-19(18)14-21/h1-15,26H,17,33H2,(H,34,35)/t26-/m1/s1. The summed E-state index contributed by atoms with van der Waals surface area (Å²) in [5, 5.41) is 19.7. The second-order valence-corrected chi connectivity index (χ2v) is 8.76. The monoisotopic (exact) mass is 488 g/mol. The predicted octanol–water partition coefficient (Wildman–Crippen LogP) is 6.17. The summed E-state index contributed by atoms with van der Waals surface area (Å²) in [7, 11) is 0. The molecule has 4 aromatic carbocycles. The number of aromatic amines is 1. The van der Waals surface area contributed by atoms with Gasteiger partial charge in [-0.3, -0.25) is 5.10 Å². The molecule has 37 heavy (non-hydrogen) atoms. The Morgan fingerprint density at radius 2 is 1.78 bits per heavy atom. The molecular formula is C30H21FN4O2. The van der Waals surface area contributed by atoms with Crippen molar-refractivity contribution in [2.75, 3.05) is 0 Å². The first kappa shape index (κ1) is 22.4. The third kappa shape index (κ3) is 4.05. The van der Waals surface area contributed by atoms with Gasteiger partial charge < -0.3 is 15.2 Å². The lowest BCUT2D eigenvalue weighted by atomic mass is 9.83. The molecule has 0 amide bonds. The molecule has 7 heteroatoms. The normalized spacial score (nSPS) is 14.6. The number of hydrogen-bond acceptors (Lipinski definition) is 5. The third-order valence-corrected chi connectivity index (χ3v) is 6.52. The number of allylic oxidation sites excluding steroid dienone is 1. The van der Waals surface area contributed by atoms with Crippen LogP contribution in [0.15, 0.2) is 102 Å². The van der Waals surface area contributed by atoms with Crippen molar-refractivity contribution < 1.29 is 13.9 Å². The molecule has 0 unspecified atom stereocenters. The number of nitrogens with one attached hydrogen (secondary N) is 1. The predicted molar refractivity (Wildman–Crippen MR) is 138 cm³/mol. The van der Waals surface area contributed by atoms with Crippen LogP contribution < -0.4 is 15.2 Å². The summed E-state index contributed by atoms with van der Waals surface area (Å²) >= 11 is 0. The van der Waals surface area contributed by atoms with Gasteiger partial charge in [0.2, 0.25) is 11.8 Å². The molecule has 0 saturated heterocycles. The minimum Gasteiger partial charge on any atom is -0.489 e. The van der Waals surface area contributed by atoms with Gasteiger partial charge in [-0.2, -0.15) is 5.26 Å². The first-order valence-corrected chi connectivity index (χ1v) is 11.7. The number of halogens is 1. The second-order valence-electron chi connectivity index (χ2n) is 8.76. The lowest BCUT2D eigenvalue weighted by molar-refractivity contribution is 0.299. The number of aromatic nitrogens is 2. The summed E-state index contributed by atoms with van der Waals surface area (Å²) in [4.78, 5) is 0. The molecular weight excluding hydrogens is 467 g/mol. The van der Waals surface area contributed by atoms with E-state index in [0.717, 1.165) is 27.6 Å². The van der Waals surface area contributed by atoms with Crippen LogP contribution in [0, 0.1) is 17.1 Å². The van der Waals surface area contributed by atoms with Gasteiger partial charge in [0.05, 0.1) is 17.2 Å². The lowest BCUT2D eigenvalue weighted by Crippen LogP contribution is -2.21. The maximum absolute atomic E-state index is 14.1. The second kappa shape index (κ2) is 9.17. The first-order chi connectivity index (χ1) is 18.1.